The Morgan fingerprint density at radius 3 is 2.83 bits per heavy atom. The van der Waals surface area contributed by atoms with Crippen LogP contribution in [0, 0.1) is 11.8 Å². The molecule has 1 aliphatic carbocycles. The number of carbonyl (C=O) groups excluding carboxylic acids is 1. The monoisotopic (exact) mass is 420 g/mol. The number of fused-ring (bicyclic) bond motifs is 1. The summed E-state index contributed by atoms with van der Waals surface area (Å²) in [6, 6.07) is 5.26. The largest absolute Gasteiger partial charge is 0.454 e. The fourth-order valence-electron chi connectivity index (χ4n) is 3.90. The molecule has 1 aliphatic heterocycles. The number of aliphatic hydroxyl groups is 1. The van der Waals surface area contributed by atoms with E-state index in [2.05, 4.69) is 10.3 Å². The van der Waals surface area contributed by atoms with Gasteiger partial charge in [-0.05, 0) is 63.5 Å². The average molecular weight is 421 g/mol. The lowest BCUT2D eigenvalue weighted by Gasteiger charge is -2.35. The molecular formula is C21H28N2O5S. The maximum absolute atomic E-state index is 12.7. The van der Waals surface area contributed by atoms with Gasteiger partial charge in [-0.1, -0.05) is 0 Å². The first-order valence-corrected chi connectivity index (χ1v) is 10.8. The van der Waals surface area contributed by atoms with E-state index in [1.807, 2.05) is 13.8 Å². The smallest absolute Gasteiger partial charge is 0.267 e. The Balaban J connectivity index is 0.00000256. The number of benzene rings is 1. The molecule has 8 heteroatoms. The first kappa shape index (κ1) is 20.0. The summed E-state index contributed by atoms with van der Waals surface area (Å²) in [7, 11) is 0. The minimum absolute atomic E-state index is 0. The number of amides is 1. The van der Waals surface area contributed by atoms with Gasteiger partial charge in [-0.15, -0.1) is 11.3 Å². The number of nitrogens with zero attached hydrogens (tertiary/aromatic N) is 1. The number of nitrogens with one attached hydrogen (secondary N) is 1. The molecule has 2 aromatic rings. The van der Waals surface area contributed by atoms with Crippen molar-refractivity contribution in [2.24, 2.45) is 11.8 Å². The van der Waals surface area contributed by atoms with Gasteiger partial charge < -0.3 is 24.6 Å². The van der Waals surface area contributed by atoms with Gasteiger partial charge >= 0.3 is 0 Å². The van der Waals surface area contributed by atoms with E-state index in [0.29, 0.717) is 40.5 Å². The Hall–Kier alpha value is -2.32. The summed E-state index contributed by atoms with van der Waals surface area (Å²) in [5, 5.41) is 13.2. The summed E-state index contributed by atoms with van der Waals surface area (Å²) in [6.07, 6.45) is 4.00. The molecule has 1 aromatic carbocycles. The Kier molecular flexibility index (Phi) is 5.65. The van der Waals surface area contributed by atoms with Crippen molar-refractivity contribution in [1.29, 1.82) is 0 Å². The van der Waals surface area contributed by atoms with Crippen LogP contribution in [-0.4, -0.2) is 34.9 Å². The summed E-state index contributed by atoms with van der Waals surface area (Å²) in [5.41, 5.74) is 0.976. The summed E-state index contributed by atoms with van der Waals surface area (Å²) in [5.74, 6) is 2.71. The van der Waals surface area contributed by atoms with Crippen molar-refractivity contribution in [3.63, 3.8) is 0 Å². The SMILES string of the molecule is CC(C)(O)C1CCC(CNC(=O)c2scnc2Oc2ccc3c(c2)OCO3)CC1.[HH]. The Bertz CT molecular complexity index is 875. The number of aromatic nitrogens is 1. The number of hydrogen-bond acceptors (Lipinski definition) is 7. The minimum atomic E-state index is -0.627. The van der Waals surface area contributed by atoms with Gasteiger partial charge in [-0.2, -0.15) is 0 Å². The molecule has 2 N–H and O–H groups in total. The zero-order chi connectivity index (χ0) is 20.4. The quantitative estimate of drug-likeness (QED) is 0.727. The van der Waals surface area contributed by atoms with Crippen LogP contribution < -0.4 is 19.5 Å². The van der Waals surface area contributed by atoms with Gasteiger partial charge in [0.2, 0.25) is 12.7 Å². The zero-order valence-electron chi connectivity index (χ0n) is 16.6. The van der Waals surface area contributed by atoms with Crippen molar-refractivity contribution in [3.8, 4) is 23.1 Å². The fraction of sp³-hybridized carbons (Fsp3) is 0.524. The van der Waals surface area contributed by atoms with E-state index in [-0.39, 0.29) is 20.0 Å². The van der Waals surface area contributed by atoms with E-state index in [0.717, 1.165) is 25.7 Å². The average Bonchev–Trinajstić information content (AvgIpc) is 3.34. The van der Waals surface area contributed by atoms with Crippen LogP contribution in [-0.2, 0) is 0 Å². The van der Waals surface area contributed by atoms with Crippen molar-refractivity contribution < 1.29 is 25.5 Å². The third kappa shape index (κ3) is 4.64. The summed E-state index contributed by atoms with van der Waals surface area (Å²) >= 11 is 1.26. The molecule has 7 nitrogen and oxygen atoms in total. The molecule has 158 valence electrons. The predicted molar refractivity (Wildman–Crippen MR) is 111 cm³/mol. The van der Waals surface area contributed by atoms with Crippen molar-refractivity contribution in [2.45, 2.75) is 45.1 Å². The molecule has 0 bridgehead atoms. The highest BCUT2D eigenvalue weighted by Crippen LogP contribution is 2.38. The van der Waals surface area contributed by atoms with Crippen LogP contribution in [0.3, 0.4) is 0 Å². The number of thiazole rings is 1. The van der Waals surface area contributed by atoms with Crippen molar-refractivity contribution in [3.05, 3.63) is 28.6 Å². The molecule has 0 atom stereocenters. The number of ether oxygens (including phenoxy) is 3. The molecule has 2 heterocycles. The van der Waals surface area contributed by atoms with Gasteiger partial charge in [0.05, 0.1) is 11.1 Å². The number of carbonyl (C=O) groups is 1. The second-order valence-corrected chi connectivity index (χ2v) is 9.04. The van der Waals surface area contributed by atoms with E-state index in [4.69, 9.17) is 14.2 Å². The molecule has 0 unspecified atom stereocenters. The van der Waals surface area contributed by atoms with E-state index in [1.54, 1.807) is 23.7 Å². The standard InChI is InChI=1S/C21H26N2O5S.H2/c1-21(2,25)14-5-3-13(4-6-14)10-22-19(24)18-20(23-11-29-18)28-15-7-8-16-17(9-15)27-12-26-16;/h7-9,11,13-14,25H,3-6,10,12H2,1-2H3,(H,22,24);1H. The van der Waals surface area contributed by atoms with Crippen LogP contribution in [0.15, 0.2) is 23.7 Å². The van der Waals surface area contributed by atoms with Crippen molar-refractivity contribution in [1.82, 2.24) is 10.3 Å². The van der Waals surface area contributed by atoms with E-state index >= 15 is 0 Å². The van der Waals surface area contributed by atoms with Crippen molar-refractivity contribution >= 4 is 17.2 Å². The minimum Gasteiger partial charge on any atom is -0.454 e. The van der Waals surface area contributed by atoms with Crippen LogP contribution in [0.1, 0.15) is 50.6 Å². The Labute approximate surface area is 175 Å². The van der Waals surface area contributed by atoms with E-state index < -0.39 is 5.60 Å². The van der Waals surface area contributed by atoms with Crippen LogP contribution >= 0.6 is 11.3 Å². The molecule has 0 radical (unpaired) electrons. The van der Waals surface area contributed by atoms with Crippen LogP contribution in [0.2, 0.25) is 0 Å². The summed E-state index contributed by atoms with van der Waals surface area (Å²) < 4.78 is 16.5. The van der Waals surface area contributed by atoms with Crippen LogP contribution in [0.5, 0.6) is 23.1 Å². The molecule has 2 aliphatic rings. The van der Waals surface area contributed by atoms with Gasteiger partial charge in [-0.25, -0.2) is 4.98 Å². The lowest BCUT2D eigenvalue weighted by Crippen LogP contribution is -2.37. The van der Waals surface area contributed by atoms with Gasteiger partial charge in [-0.3, -0.25) is 4.79 Å². The summed E-state index contributed by atoms with van der Waals surface area (Å²) in [4.78, 5) is 17.3. The second kappa shape index (κ2) is 8.20. The third-order valence-electron chi connectivity index (χ3n) is 5.70. The van der Waals surface area contributed by atoms with Gasteiger partial charge in [0.1, 0.15) is 5.75 Å². The highest BCUT2D eigenvalue weighted by Gasteiger charge is 2.31. The summed E-state index contributed by atoms with van der Waals surface area (Å²) in [6.45, 7) is 4.58. The first-order chi connectivity index (χ1) is 13.9. The Morgan fingerprint density at radius 2 is 2.07 bits per heavy atom. The number of hydrogen-bond donors (Lipinski definition) is 2. The maximum atomic E-state index is 12.7. The number of rotatable bonds is 6. The maximum Gasteiger partial charge on any atom is 0.267 e. The van der Waals surface area contributed by atoms with Crippen LogP contribution in [0.25, 0.3) is 0 Å². The highest BCUT2D eigenvalue weighted by atomic mass is 32.1. The molecule has 29 heavy (non-hydrogen) atoms. The van der Waals surface area contributed by atoms with Gasteiger partial charge in [0.25, 0.3) is 5.91 Å². The van der Waals surface area contributed by atoms with E-state index in [9.17, 15) is 9.90 Å². The van der Waals surface area contributed by atoms with E-state index in [1.165, 1.54) is 11.3 Å². The molecule has 0 saturated heterocycles. The lowest BCUT2D eigenvalue weighted by molar-refractivity contribution is -0.00574. The second-order valence-electron chi connectivity index (χ2n) is 8.19. The van der Waals surface area contributed by atoms with Crippen LogP contribution in [0.4, 0.5) is 0 Å². The highest BCUT2D eigenvalue weighted by molar-refractivity contribution is 7.12. The first-order valence-electron chi connectivity index (χ1n) is 9.91. The molecule has 0 spiro atoms. The molecule has 1 saturated carbocycles. The molecule has 4 rings (SSSR count). The predicted octanol–water partition coefficient (Wildman–Crippen LogP) is 4.22. The lowest BCUT2D eigenvalue weighted by atomic mass is 9.75. The normalized spacial score (nSPS) is 21.1. The molecule has 1 aromatic heterocycles. The zero-order valence-corrected chi connectivity index (χ0v) is 17.5. The third-order valence-corrected chi connectivity index (χ3v) is 6.50. The van der Waals surface area contributed by atoms with Gasteiger partial charge in [0, 0.05) is 14.0 Å². The Morgan fingerprint density at radius 1 is 1.31 bits per heavy atom. The molecule has 1 amide bonds. The molecular weight excluding hydrogens is 392 g/mol. The van der Waals surface area contributed by atoms with Crippen molar-refractivity contribution in [2.75, 3.05) is 13.3 Å². The van der Waals surface area contributed by atoms with Gasteiger partial charge in [0.15, 0.2) is 16.4 Å². The molecule has 1 fully saturated rings. The topological polar surface area (TPSA) is 89.9 Å². The fourth-order valence-corrected chi connectivity index (χ4v) is 4.53.